The second kappa shape index (κ2) is 7.52. The third kappa shape index (κ3) is 4.57. The van der Waals surface area contributed by atoms with E-state index in [1.165, 1.54) is 25.1 Å². The Bertz CT molecular complexity index is 957. The number of anilines is 1. The number of nitrogens with zero attached hydrogens (tertiary/aromatic N) is 1. The van der Waals surface area contributed by atoms with Gasteiger partial charge in [0.25, 0.3) is 11.6 Å². The van der Waals surface area contributed by atoms with Crippen molar-refractivity contribution in [2.45, 2.75) is 19.9 Å². The Morgan fingerprint density at radius 2 is 1.81 bits per heavy atom. The summed E-state index contributed by atoms with van der Waals surface area (Å²) in [6.45, 7) is 3.21. The molecule has 0 heterocycles. The van der Waals surface area contributed by atoms with Crippen LogP contribution in [0.15, 0.2) is 42.5 Å². The largest absolute Gasteiger partial charge is 0.345 e. The second-order valence-electron chi connectivity index (χ2n) is 5.86. The Morgan fingerprint density at radius 3 is 2.42 bits per heavy atom. The molecule has 0 bridgehead atoms. The maximum atomic E-state index is 12.5. The van der Waals surface area contributed by atoms with Gasteiger partial charge in [-0.25, -0.2) is 8.42 Å². The standard InChI is InChI=1S/C17H19N3O5S/c1-11-13(8-6-10-16(11)20(22)23)17(21)18-12(2)14-7-4-5-9-15(14)19-26(3,24)25/h4-10,12,19H,1-3H3,(H,18,21). The Morgan fingerprint density at radius 1 is 1.15 bits per heavy atom. The van der Waals surface area contributed by atoms with Crippen LogP contribution in [0.4, 0.5) is 11.4 Å². The van der Waals surface area contributed by atoms with E-state index in [-0.39, 0.29) is 16.8 Å². The fourth-order valence-corrected chi connectivity index (χ4v) is 3.17. The van der Waals surface area contributed by atoms with Gasteiger partial charge in [0.05, 0.1) is 22.9 Å². The Labute approximate surface area is 151 Å². The van der Waals surface area contributed by atoms with Crippen LogP contribution in [-0.2, 0) is 10.0 Å². The third-order valence-corrected chi connectivity index (χ3v) is 4.41. The minimum Gasteiger partial charge on any atom is -0.345 e. The fourth-order valence-electron chi connectivity index (χ4n) is 2.59. The second-order valence-corrected chi connectivity index (χ2v) is 7.61. The van der Waals surface area contributed by atoms with Gasteiger partial charge in [0.1, 0.15) is 0 Å². The molecule has 138 valence electrons. The number of carbonyl (C=O) groups excluding carboxylic acids is 1. The van der Waals surface area contributed by atoms with Gasteiger partial charge in [-0.1, -0.05) is 24.3 Å². The van der Waals surface area contributed by atoms with E-state index in [0.29, 0.717) is 11.3 Å². The fraction of sp³-hybridized carbons (Fsp3) is 0.235. The van der Waals surface area contributed by atoms with Crippen LogP contribution in [0.2, 0.25) is 0 Å². The van der Waals surface area contributed by atoms with Gasteiger partial charge in [-0.2, -0.15) is 0 Å². The summed E-state index contributed by atoms with van der Waals surface area (Å²) in [6, 6.07) is 10.5. The molecule has 26 heavy (non-hydrogen) atoms. The number of rotatable bonds is 6. The van der Waals surface area contributed by atoms with Crippen molar-refractivity contribution in [2.75, 3.05) is 11.0 Å². The van der Waals surface area contributed by atoms with Crippen LogP contribution in [0.5, 0.6) is 0 Å². The zero-order valence-electron chi connectivity index (χ0n) is 14.5. The van der Waals surface area contributed by atoms with Gasteiger partial charge in [0.2, 0.25) is 10.0 Å². The van der Waals surface area contributed by atoms with Gasteiger partial charge in [-0.3, -0.25) is 19.6 Å². The number of nitro benzene ring substituents is 1. The number of hydrogen-bond acceptors (Lipinski definition) is 5. The van der Waals surface area contributed by atoms with Gasteiger partial charge < -0.3 is 5.32 Å². The maximum Gasteiger partial charge on any atom is 0.273 e. The van der Waals surface area contributed by atoms with Crippen LogP contribution in [-0.4, -0.2) is 25.5 Å². The third-order valence-electron chi connectivity index (χ3n) is 3.82. The molecule has 0 saturated heterocycles. The Hall–Kier alpha value is -2.94. The van der Waals surface area contributed by atoms with Crippen molar-refractivity contribution >= 4 is 27.3 Å². The van der Waals surface area contributed by atoms with Crippen LogP contribution >= 0.6 is 0 Å². The zero-order chi connectivity index (χ0) is 19.5. The average Bonchev–Trinajstić information content (AvgIpc) is 2.53. The number of para-hydroxylation sites is 1. The van der Waals surface area contributed by atoms with Crippen LogP contribution in [0.1, 0.15) is 34.5 Å². The Kier molecular flexibility index (Phi) is 5.61. The molecular weight excluding hydrogens is 358 g/mol. The van der Waals surface area contributed by atoms with Crippen molar-refractivity contribution in [2.24, 2.45) is 0 Å². The van der Waals surface area contributed by atoms with Gasteiger partial charge in [-0.05, 0) is 31.5 Å². The summed E-state index contributed by atoms with van der Waals surface area (Å²) in [7, 11) is -3.47. The van der Waals surface area contributed by atoms with E-state index in [0.717, 1.165) is 6.26 Å². The lowest BCUT2D eigenvalue weighted by Gasteiger charge is -2.19. The highest BCUT2D eigenvalue weighted by molar-refractivity contribution is 7.92. The molecule has 1 amide bonds. The lowest BCUT2D eigenvalue weighted by atomic mass is 10.0. The van der Waals surface area contributed by atoms with E-state index >= 15 is 0 Å². The lowest BCUT2D eigenvalue weighted by Crippen LogP contribution is -2.28. The predicted octanol–water partition coefficient (Wildman–Crippen LogP) is 2.77. The first-order valence-corrected chi connectivity index (χ1v) is 9.61. The summed E-state index contributed by atoms with van der Waals surface area (Å²) in [6.07, 6.45) is 1.04. The highest BCUT2D eigenvalue weighted by Crippen LogP contribution is 2.25. The summed E-state index contributed by atoms with van der Waals surface area (Å²) in [5.41, 5.74) is 1.27. The molecule has 0 aliphatic heterocycles. The minimum atomic E-state index is -3.47. The summed E-state index contributed by atoms with van der Waals surface area (Å²) in [5, 5.41) is 13.8. The van der Waals surface area contributed by atoms with E-state index in [2.05, 4.69) is 10.0 Å². The first kappa shape index (κ1) is 19.4. The number of hydrogen-bond donors (Lipinski definition) is 2. The molecule has 0 aliphatic rings. The smallest absolute Gasteiger partial charge is 0.273 e. The molecule has 2 rings (SSSR count). The highest BCUT2D eigenvalue weighted by atomic mass is 32.2. The van der Waals surface area contributed by atoms with Crippen LogP contribution in [0.3, 0.4) is 0 Å². The molecule has 0 aromatic heterocycles. The molecule has 1 unspecified atom stereocenters. The van der Waals surface area contributed by atoms with Crippen molar-refractivity contribution in [3.05, 3.63) is 69.3 Å². The SMILES string of the molecule is Cc1c(C(=O)NC(C)c2ccccc2NS(C)(=O)=O)cccc1[N+](=O)[O-]. The predicted molar refractivity (Wildman–Crippen MR) is 98.6 cm³/mol. The first-order valence-electron chi connectivity index (χ1n) is 7.71. The summed E-state index contributed by atoms with van der Waals surface area (Å²) in [5.74, 6) is -0.479. The van der Waals surface area contributed by atoms with Crippen LogP contribution < -0.4 is 10.0 Å². The molecular formula is C17H19N3O5S. The van der Waals surface area contributed by atoms with E-state index in [1.54, 1.807) is 31.2 Å². The molecule has 2 aromatic rings. The molecule has 2 aromatic carbocycles. The number of nitro groups is 1. The van der Waals surface area contributed by atoms with Gasteiger partial charge in [0.15, 0.2) is 0 Å². The summed E-state index contributed by atoms with van der Waals surface area (Å²) < 4.78 is 25.4. The van der Waals surface area contributed by atoms with E-state index < -0.39 is 26.9 Å². The number of sulfonamides is 1. The molecule has 0 fully saturated rings. The van der Waals surface area contributed by atoms with Gasteiger partial charge in [0, 0.05) is 17.2 Å². The van der Waals surface area contributed by atoms with Crippen molar-refractivity contribution in [3.8, 4) is 0 Å². The van der Waals surface area contributed by atoms with Gasteiger partial charge >= 0.3 is 0 Å². The number of nitrogens with one attached hydrogen (secondary N) is 2. The van der Waals surface area contributed by atoms with Crippen LogP contribution in [0.25, 0.3) is 0 Å². The monoisotopic (exact) mass is 377 g/mol. The molecule has 1 atom stereocenters. The van der Waals surface area contributed by atoms with E-state index in [4.69, 9.17) is 0 Å². The number of carbonyl (C=O) groups is 1. The molecule has 0 spiro atoms. The molecule has 0 saturated carbocycles. The molecule has 8 nitrogen and oxygen atoms in total. The highest BCUT2D eigenvalue weighted by Gasteiger charge is 2.20. The van der Waals surface area contributed by atoms with Gasteiger partial charge in [-0.15, -0.1) is 0 Å². The first-order chi connectivity index (χ1) is 12.1. The van der Waals surface area contributed by atoms with Crippen molar-refractivity contribution in [3.63, 3.8) is 0 Å². The van der Waals surface area contributed by atoms with Crippen molar-refractivity contribution in [1.29, 1.82) is 0 Å². The average molecular weight is 377 g/mol. The maximum absolute atomic E-state index is 12.5. The summed E-state index contributed by atoms with van der Waals surface area (Å²) >= 11 is 0. The van der Waals surface area contributed by atoms with E-state index in [1.807, 2.05) is 0 Å². The number of amides is 1. The van der Waals surface area contributed by atoms with Crippen molar-refractivity contribution in [1.82, 2.24) is 5.32 Å². The normalized spacial score (nSPS) is 12.3. The molecule has 0 radical (unpaired) electrons. The Balaban J connectivity index is 2.29. The quantitative estimate of drug-likeness (QED) is 0.593. The minimum absolute atomic E-state index is 0.135. The molecule has 9 heteroatoms. The number of benzene rings is 2. The van der Waals surface area contributed by atoms with Crippen LogP contribution in [0, 0.1) is 17.0 Å². The zero-order valence-corrected chi connectivity index (χ0v) is 15.3. The summed E-state index contributed by atoms with van der Waals surface area (Å²) in [4.78, 5) is 23.0. The lowest BCUT2D eigenvalue weighted by molar-refractivity contribution is -0.385. The van der Waals surface area contributed by atoms with E-state index in [9.17, 15) is 23.3 Å². The molecule has 0 aliphatic carbocycles. The topological polar surface area (TPSA) is 118 Å². The molecule has 2 N–H and O–H groups in total. The van der Waals surface area contributed by atoms with Crippen molar-refractivity contribution < 1.29 is 18.1 Å².